The average Bonchev–Trinajstić information content (AvgIpc) is 3.74. The van der Waals surface area contributed by atoms with Crippen molar-refractivity contribution >= 4 is 59.3 Å². The van der Waals surface area contributed by atoms with Crippen molar-refractivity contribution in [1.29, 1.82) is 0 Å². The third-order valence-electron chi connectivity index (χ3n) is 10.6. The lowest BCUT2D eigenvalue weighted by atomic mass is 10.0. The van der Waals surface area contributed by atoms with Gasteiger partial charge in [-0.25, -0.2) is 4.79 Å². The Bertz CT molecular complexity index is 1970. The van der Waals surface area contributed by atoms with Gasteiger partial charge in [-0.3, -0.25) is 43.2 Å². The molecule has 7 amide bonds. The zero-order valence-electron chi connectivity index (χ0n) is 41.5. The first kappa shape index (κ1) is 59.0. The van der Waals surface area contributed by atoms with Crippen molar-refractivity contribution in [3.8, 4) is 0 Å². The number of likely N-dealkylation sites (tertiary alicyclic amines) is 1. The number of rotatable bonds is 26. The van der Waals surface area contributed by atoms with Gasteiger partial charge in [-0.2, -0.15) is 0 Å². The number of carbonyl (C=O) groups excluding carboxylic acids is 8. The number of carbonyl (C=O) groups is 10. The molecule has 69 heavy (non-hydrogen) atoms. The van der Waals surface area contributed by atoms with Gasteiger partial charge in [0.25, 0.3) is 0 Å². The van der Waals surface area contributed by atoms with E-state index in [4.69, 9.17) is 20.3 Å². The van der Waals surface area contributed by atoms with E-state index in [1.807, 2.05) is 0 Å². The summed E-state index contributed by atoms with van der Waals surface area (Å²) in [5.41, 5.74) is 5.18. The van der Waals surface area contributed by atoms with Crippen LogP contribution in [0.2, 0.25) is 0 Å². The molecule has 1 fully saturated rings. The van der Waals surface area contributed by atoms with E-state index in [-0.39, 0.29) is 51.2 Å². The lowest BCUT2D eigenvalue weighted by Gasteiger charge is -2.31. The van der Waals surface area contributed by atoms with E-state index in [0.29, 0.717) is 12.0 Å². The van der Waals surface area contributed by atoms with Gasteiger partial charge in [-0.1, -0.05) is 44.2 Å². The molecule has 0 saturated carbocycles. The molecule has 0 spiro atoms. The summed E-state index contributed by atoms with van der Waals surface area (Å²) in [6.07, 6.45) is -0.866. The number of amides is 7. The number of esters is 1. The minimum Gasteiger partial charge on any atom is -0.481 e. The Labute approximate surface area is 403 Å². The first-order valence-electron chi connectivity index (χ1n) is 23.2. The monoisotopic (exact) mass is 975 g/mol. The summed E-state index contributed by atoms with van der Waals surface area (Å²) in [6.45, 7) is 16.6. The molecular formula is C47H74N8O14. The Morgan fingerprint density at radius 2 is 1.22 bits per heavy atom. The van der Waals surface area contributed by atoms with E-state index in [9.17, 15) is 53.1 Å². The van der Waals surface area contributed by atoms with Gasteiger partial charge in [-0.15, -0.1) is 0 Å². The average molecular weight is 975 g/mol. The van der Waals surface area contributed by atoms with E-state index >= 15 is 0 Å². The molecule has 386 valence electrons. The molecule has 1 saturated heterocycles. The van der Waals surface area contributed by atoms with Crippen LogP contribution in [-0.2, 0) is 63.8 Å². The number of carboxylic acids is 2. The molecule has 2 rings (SSSR count). The molecule has 1 aliphatic heterocycles. The van der Waals surface area contributed by atoms with Crippen molar-refractivity contribution in [3.05, 3.63) is 35.9 Å². The van der Waals surface area contributed by atoms with Crippen molar-refractivity contribution in [1.82, 2.24) is 36.8 Å². The van der Waals surface area contributed by atoms with Crippen LogP contribution in [0.3, 0.4) is 0 Å². The maximum atomic E-state index is 14.4. The van der Waals surface area contributed by atoms with Gasteiger partial charge in [0.15, 0.2) is 0 Å². The summed E-state index contributed by atoms with van der Waals surface area (Å²) in [7, 11) is 0. The van der Waals surface area contributed by atoms with Gasteiger partial charge in [0.05, 0.1) is 12.2 Å². The quantitative estimate of drug-likeness (QED) is 0.0569. The predicted octanol–water partition coefficient (Wildman–Crippen LogP) is 0.429. The molecule has 1 aromatic carbocycles. The number of hydrogen-bond acceptors (Lipinski definition) is 13. The maximum Gasteiger partial charge on any atom is 0.326 e. The summed E-state index contributed by atoms with van der Waals surface area (Å²) in [6, 6.07) is -1.50. The molecule has 1 aliphatic rings. The van der Waals surface area contributed by atoms with Crippen LogP contribution in [0.1, 0.15) is 120 Å². The first-order valence-corrected chi connectivity index (χ1v) is 23.2. The second kappa shape index (κ2) is 27.1. The normalized spacial score (nSPS) is 16.9. The van der Waals surface area contributed by atoms with E-state index in [2.05, 4.69) is 31.9 Å². The minimum atomic E-state index is -1.53. The van der Waals surface area contributed by atoms with Crippen LogP contribution in [0.4, 0.5) is 0 Å². The molecule has 1 aromatic rings. The van der Waals surface area contributed by atoms with E-state index in [0.717, 1.165) is 0 Å². The highest BCUT2D eigenvalue weighted by Gasteiger charge is 2.40. The zero-order chi connectivity index (χ0) is 52.4. The van der Waals surface area contributed by atoms with Crippen LogP contribution >= 0.6 is 0 Å². The minimum absolute atomic E-state index is 0.0353. The number of aliphatic carboxylic acids is 2. The maximum absolute atomic E-state index is 14.4. The lowest BCUT2D eigenvalue weighted by Crippen LogP contribution is -2.60. The van der Waals surface area contributed by atoms with Crippen LogP contribution in [0.15, 0.2) is 30.3 Å². The summed E-state index contributed by atoms with van der Waals surface area (Å²) < 4.78 is 10.9. The van der Waals surface area contributed by atoms with Crippen LogP contribution in [0.5, 0.6) is 0 Å². The number of nitrogens with two attached hydrogens (primary N) is 1. The van der Waals surface area contributed by atoms with Gasteiger partial charge >= 0.3 is 17.9 Å². The largest absolute Gasteiger partial charge is 0.481 e. The number of ether oxygens (including phenoxy) is 2. The van der Waals surface area contributed by atoms with Crippen molar-refractivity contribution in [2.24, 2.45) is 11.7 Å². The van der Waals surface area contributed by atoms with Gasteiger partial charge in [0.1, 0.15) is 53.9 Å². The standard InChI is InChI=1S/C47H74N8O14/c1-26(2)23-33(42(63)52-32(45(66)67)18-20-36(56)57)53-43(64)35-17-14-22-55(35)44(65)34(24-29-15-12-11-13-16-29)54-39(60)28(4)50-41(62)31(19-21-37(58)69-47(8,9)10)51-38(59)27(3)49-40(61)30(48)25-68-46(5,6)7/h11-13,15-16,26-28,30-35H,14,17-25,48H2,1-10H3,(H,49,61)(H,50,62)(H,51,59)(H,52,63)(H,53,64)(H,54,60)(H,56,57)(H,66,67)/t27-,28-,30-,31-,32-,33-,34-,35-/m0/s1. The molecule has 0 radical (unpaired) electrons. The van der Waals surface area contributed by atoms with Crippen molar-refractivity contribution in [3.63, 3.8) is 0 Å². The van der Waals surface area contributed by atoms with Gasteiger partial charge < -0.3 is 62.2 Å². The van der Waals surface area contributed by atoms with Crippen molar-refractivity contribution in [2.45, 2.75) is 180 Å². The van der Waals surface area contributed by atoms with Crippen LogP contribution < -0.4 is 37.6 Å². The number of nitrogens with one attached hydrogen (secondary N) is 6. The van der Waals surface area contributed by atoms with E-state index in [1.54, 1.807) is 85.7 Å². The summed E-state index contributed by atoms with van der Waals surface area (Å²) >= 11 is 0. The summed E-state index contributed by atoms with van der Waals surface area (Å²) in [4.78, 5) is 132. The highest BCUT2D eigenvalue weighted by Crippen LogP contribution is 2.21. The second-order valence-electron chi connectivity index (χ2n) is 19.6. The fourth-order valence-corrected chi connectivity index (χ4v) is 7.02. The fourth-order valence-electron chi connectivity index (χ4n) is 7.02. The SMILES string of the molecule is CC(C)C[C@H](NC(=O)[C@@H]1CCCN1C(=O)[C@H](Cc1ccccc1)NC(=O)[C@H](C)NC(=O)[C@H](CCC(=O)OC(C)(C)C)NC(=O)[C@H](C)NC(=O)[C@@H](N)COC(C)(C)C)C(=O)N[C@@H](CCC(=O)O)C(=O)O. The molecule has 0 aromatic heterocycles. The third-order valence-corrected chi connectivity index (χ3v) is 10.6. The highest BCUT2D eigenvalue weighted by atomic mass is 16.6. The third kappa shape index (κ3) is 21.8. The highest BCUT2D eigenvalue weighted by molar-refractivity contribution is 5.98. The number of benzene rings is 1. The van der Waals surface area contributed by atoms with Crippen LogP contribution in [0, 0.1) is 5.92 Å². The number of carboxylic acid groups (broad SMARTS) is 2. The molecule has 8 atom stereocenters. The van der Waals surface area contributed by atoms with Crippen molar-refractivity contribution in [2.75, 3.05) is 13.2 Å². The second-order valence-corrected chi connectivity index (χ2v) is 19.6. The van der Waals surface area contributed by atoms with Crippen molar-refractivity contribution < 1.29 is 67.6 Å². The first-order chi connectivity index (χ1) is 32.0. The predicted molar refractivity (Wildman–Crippen MR) is 251 cm³/mol. The summed E-state index contributed by atoms with van der Waals surface area (Å²) in [5.74, 6) is -8.89. The molecule has 1 heterocycles. The zero-order valence-corrected chi connectivity index (χ0v) is 41.5. The van der Waals surface area contributed by atoms with E-state index in [1.165, 1.54) is 18.7 Å². The smallest absolute Gasteiger partial charge is 0.326 e. The van der Waals surface area contributed by atoms with Crippen LogP contribution in [0.25, 0.3) is 0 Å². The Balaban J connectivity index is 2.32. The Morgan fingerprint density at radius 1 is 0.681 bits per heavy atom. The molecule has 10 N–H and O–H groups in total. The van der Waals surface area contributed by atoms with Gasteiger partial charge in [-0.05, 0) is 99.0 Å². The van der Waals surface area contributed by atoms with Gasteiger partial charge in [0.2, 0.25) is 41.4 Å². The Morgan fingerprint density at radius 3 is 1.75 bits per heavy atom. The topological polar surface area (TPSA) is 331 Å². The summed E-state index contributed by atoms with van der Waals surface area (Å²) in [5, 5.41) is 33.9. The Kier molecular flexibility index (Phi) is 23.2. The molecule has 0 unspecified atom stereocenters. The van der Waals surface area contributed by atoms with E-state index < -0.39 is 132 Å². The molecule has 22 nitrogen and oxygen atoms in total. The molecule has 0 bridgehead atoms. The van der Waals surface area contributed by atoms with Crippen LogP contribution in [-0.4, -0.2) is 147 Å². The molecule has 22 heteroatoms. The fraction of sp³-hybridized carbons (Fsp3) is 0.660. The number of hydrogen-bond donors (Lipinski definition) is 9. The molecular weight excluding hydrogens is 901 g/mol. The number of nitrogens with zero attached hydrogens (tertiary/aromatic N) is 1. The Hall–Kier alpha value is -6.16. The van der Waals surface area contributed by atoms with Gasteiger partial charge in [0, 0.05) is 25.8 Å². The molecule has 0 aliphatic carbocycles. The lowest BCUT2D eigenvalue weighted by molar-refractivity contribution is -0.155.